The van der Waals surface area contributed by atoms with Crippen LogP contribution in [0.3, 0.4) is 0 Å². The van der Waals surface area contributed by atoms with Crippen molar-refractivity contribution in [3.63, 3.8) is 0 Å². The minimum atomic E-state index is 0.434. The molecule has 87 heavy (non-hydrogen) atoms. The summed E-state index contributed by atoms with van der Waals surface area (Å²) in [5, 5.41) is 15.7. The van der Waals surface area contributed by atoms with Gasteiger partial charge in [-0.15, -0.1) is 0 Å². The Balaban J connectivity index is 0.000000109. The van der Waals surface area contributed by atoms with Gasteiger partial charge in [0.25, 0.3) is 0 Å². The van der Waals surface area contributed by atoms with Gasteiger partial charge in [0.1, 0.15) is 11.4 Å². The lowest BCUT2D eigenvalue weighted by Crippen LogP contribution is -2.04. The van der Waals surface area contributed by atoms with E-state index in [2.05, 4.69) is 244 Å². The molecule has 2 aliphatic carbocycles. The van der Waals surface area contributed by atoms with Crippen LogP contribution in [0.15, 0.2) is 279 Å². The number of fused-ring (bicyclic) bond motifs is 10. The predicted molar refractivity (Wildman–Crippen MR) is 364 cm³/mol. The molecule has 0 fully saturated rings. The van der Waals surface area contributed by atoms with Gasteiger partial charge in [-0.1, -0.05) is 230 Å². The van der Waals surface area contributed by atoms with E-state index in [1.54, 1.807) is 0 Å². The van der Waals surface area contributed by atoms with Crippen molar-refractivity contribution < 1.29 is 0 Å². The van der Waals surface area contributed by atoms with Crippen LogP contribution in [-0.4, -0.2) is 29.5 Å². The summed E-state index contributed by atoms with van der Waals surface area (Å²) in [5.74, 6) is 0.844. The fourth-order valence-corrected chi connectivity index (χ4v) is 14.2. The Morgan fingerprint density at radius 2 is 0.667 bits per heavy atom. The van der Waals surface area contributed by atoms with Gasteiger partial charge in [0.15, 0.2) is 11.0 Å². The standard InChI is InChI=1S/C40H23N3.C22H13N.C18H11ClN2/c1-2-10-26-23-27(20-19-24(26)9-1)39-40(42-33-17-6-5-16-32(33)41-39)43-34-18-8-15-31-29-13-4-3-12-28(29)30-14-7-11-25-21-22-35(43)38(36(25)30)37(31)34;1-2-7-15-14(6-1)16-8-3-5-13-11-12-19-22(20(13)16)21-17(15)9-4-10-18(21)23-19;19-18-17(20-15-7-3-4-8-16(15)21-18)14-10-9-12-5-1-2-6-13(12)11-14/h1-23H;1-12,23H;1-11H. The molecule has 1 N–H and O–H groups in total. The third kappa shape index (κ3) is 7.68. The second-order valence-electron chi connectivity index (χ2n) is 22.6. The largest absolute Gasteiger partial charge is 0.354 e. The first-order chi connectivity index (χ1) is 43.1. The van der Waals surface area contributed by atoms with Gasteiger partial charge >= 0.3 is 0 Å². The number of H-pyrrole nitrogens is 1. The average Bonchev–Trinajstić information content (AvgIpc) is 1.58. The van der Waals surface area contributed by atoms with Gasteiger partial charge in [-0.25, -0.2) is 19.9 Å². The highest BCUT2D eigenvalue weighted by Gasteiger charge is 2.27. The molecule has 0 aliphatic heterocycles. The van der Waals surface area contributed by atoms with Crippen molar-refractivity contribution >= 4 is 120 Å². The minimum absolute atomic E-state index is 0.434. The summed E-state index contributed by atoms with van der Waals surface area (Å²) in [6.45, 7) is 0. The topological polar surface area (TPSA) is 72.3 Å². The highest BCUT2D eigenvalue weighted by Crippen LogP contribution is 2.51. The molecule has 4 heterocycles. The molecule has 2 aliphatic rings. The molecule has 0 atom stereocenters. The molecule has 0 amide bonds. The molecule has 6 nitrogen and oxygen atoms in total. The SMILES string of the molecule is Clc1nc2ccccc2nc1-c1ccc2ccccc2c1.c1ccc2c(c1)-c1cccc3ccc4[nH]c5cccc-2c5c4c13.c1ccc2c(c1)-c1cccc3ccc4c(c13)c1c-2cccc1n4-c1nc2ccccc2nc1-c1ccc2ccccc2c1. The molecule has 0 spiro atoms. The van der Waals surface area contributed by atoms with Crippen molar-refractivity contribution in [2.45, 2.75) is 0 Å². The summed E-state index contributed by atoms with van der Waals surface area (Å²) >= 11 is 6.32. The lowest BCUT2D eigenvalue weighted by molar-refractivity contribution is 1.08. The third-order valence-electron chi connectivity index (χ3n) is 17.8. The first kappa shape index (κ1) is 49.1. The Kier molecular flexibility index (Phi) is 10.9. The molecule has 7 heteroatoms. The normalized spacial score (nSPS) is 12.0. The van der Waals surface area contributed by atoms with Crippen LogP contribution in [0.4, 0.5) is 0 Å². The molecule has 0 saturated carbocycles. The molecule has 0 saturated heterocycles. The van der Waals surface area contributed by atoms with Crippen molar-refractivity contribution in [1.82, 2.24) is 29.5 Å². The number of halogens is 1. The van der Waals surface area contributed by atoms with Crippen LogP contribution in [0.2, 0.25) is 5.15 Å². The van der Waals surface area contributed by atoms with Crippen molar-refractivity contribution in [2.24, 2.45) is 0 Å². The van der Waals surface area contributed by atoms with E-state index in [4.69, 9.17) is 21.6 Å². The number of aromatic nitrogens is 6. The number of hydrogen-bond donors (Lipinski definition) is 1. The number of benzene rings is 14. The lowest BCUT2D eigenvalue weighted by Gasteiger charge is -2.16. The molecular formula is C80H47ClN6. The zero-order valence-corrected chi connectivity index (χ0v) is 47.4. The lowest BCUT2D eigenvalue weighted by atomic mass is 9.93. The fourth-order valence-electron chi connectivity index (χ4n) is 13.9. The van der Waals surface area contributed by atoms with E-state index in [1.165, 1.54) is 120 Å². The third-order valence-corrected chi connectivity index (χ3v) is 18.0. The van der Waals surface area contributed by atoms with Crippen LogP contribution in [0.5, 0.6) is 0 Å². The van der Waals surface area contributed by atoms with Gasteiger partial charge in [-0.2, -0.15) is 0 Å². The monoisotopic (exact) mass is 1130 g/mol. The number of hydrogen-bond acceptors (Lipinski definition) is 4. The van der Waals surface area contributed by atoms with Crippen molar-refractivity contribution in [3.8, 4) is 72.8 Å². The summed E-state index contributed by atoms with van der Waals surface area (Å²) in [6.07, 6.45) is 0. The van der Waals surface area contributed by atoms with Gasteiger partial charge in [-0.3, -0.25) is 4.57 Å². The maximum atomic E-state index is 6.32. The molecule has 14 aromatic carbocycles. The van der Waals surface area contributed by atoms with Gasteiger partial charge < -0.3 is 4.98 Å². The Hall–Kier alpha value is -11.3. The Morgan fingerprint density at radius 1 is 0.264 bits per heavy atom. The molecule has 4 aromatic heterocycles. The number of nitrogens with one attached hydrogen (secondary N) is 1. The van der Waals surface area contributed by atoms with Crippen molar-refractivity contribution in [3.05, 3.63) is 284 Å². The molecule has 404 valence electrons. The molecular weight excluding hydrogens is 1080 g/mol. The van der Waals surface area contributed by atoms with Crippen molar-refractivity contribution in [2.75, 3.05) is 0 Å². The van der Waals surface area contributed by atoms with E-state index in [1.807, 2.05) is 54.6 Å². The number of aromatic amines is 1. The van der Waals surface area contributed by atoms with Crippen LogP contribution >= 0.6 is 11.6 Å². The minimum Gasteiger partial charge on any atom is -0.354 e. The van der Waals surface area contributed by atoms with E-state index in [0.717, 1.165) is 61.4 Å². The van der Waals surface area contributed by atoms with Crippen molar-refractivity contribution in [1.29, 1.82) is 0 Å². The second-order valence-corrected chi connectivity index (χ2v) is 23.0. The van der Waals surface area contributed by atoms with E-state index < -0.39 is 0 Å². The smallest absolute Gasteiger partial charge is 0.165 e. The summed E-state index contributed by atoms with van der Waals surface area (Å²) in [4.78, 5) is 23.4. The molecule has 0 unspecified atom stereocenters. The van der Waals surface area contributed by atoms with Crippen LogP contribution in [-0.2, 0) is 0 Å². The van der Waals surface area contributed by atoms with Gasteiger partial charge in [-0.05, 0) is 148 Å². The predicted octanol–water partition coefficient (Wildman–Crippen LogP) is 21.6. The zero-order chi connectivity index (χ0) is 57.3. The Labute approximate surface area is 503 Å². The summed E-state index contributed by atoms with van der Waals surface area (Å²) in [7, 11) is 0. The number of nitrogens with zero attached hydrogens (tertiary/aromatic N) is 5. The molecule has 0 bridgehead atoms. The molecule has 0 radical (unpaired) electrons. The van der Waals surface area contributed by atoms with Crippen LogP contribution in [0.1, 0.15) is 0 Å². The summed E-state index contributed by atoms with van der Waals surface area (Å²) in [5.41, 5.74) is 22.2. The first-order valence-corrected chi connectivity index (χ1v) is 29.8. The van der Waals surface area contributed by atoms with E-state index in [-0.39, 0.29) is 0 Å². The average molecular weight is 1130 g/mol. The number of rotatable bonds is 3. The van der Waals surface area contributed by atoms with Gasteiger partial charge in [0.05, 0.1) is 33.1 Å². The van der Waals surface area contributed by atoms with Gasteiger partial charge in [0, 0.05) is 43.7 Å². The maximum Gasteiger partial charge on any atom is 0.165 e. The van der Waals surface area contributed by atoms with Crippen LogP contribution in [0, 0.1) is 0 Å². The Bertz CT molecular complexity index is 5910. The molecule has 20 rings (SSSR count). The number of para-hydroxylation sites is 4. The summed E-state index contributed by atoms with van der Waals surface area (Å²) in [6, 6.07) is 98.6. The first-order valence-electron chi connectivity index (χ1n) is 29.4. The highest BCUT2D eigenvalue weighted by atomic mass is 35.5. The summed E-state index contributed by atoms with van der Waals surface area (Å²) < 4.78 is 2.35. The quantitative estimate of drug-likeness (QED) is 0.191. The van der Waals surface area contributed by atoms with Crippen LogP contribution in [0.25, 0.3) is 182 Å². The van der Waals surface area contributed by atoms with E-state index >= 15 is 0 Å². The molecule has 18 aromatic rings. The van der Waals surface area contributed by atoms with E-state index in [0.29, 0.717) is 5.15 Å². The fraction of sp³-hybridized carbons (Fsp3) is 0. The maximum absolute atomic E-state index is 6.32. The van der Waals surface area contributed by atoms with E-state index in [9.17, 15) is 0 Å². The van der Waals surface area contributed by atoms with Gasteiger partial charge in [0.2, 0.25) is 0 Å². The highest BCUT2D eigenvalue weighted by molar-refractivity contribution is 6.33. The second kappa shape index (κ2) is 19.4. The van der Waals surface area contributed by atoms with Crippen LogP contribution < -0.4 is 0 Å². The zero-order valence-electron chi connectivity index (χ0n) is 46.7. The Morgan fingerprint density at radius 3 is 1.28 bits per heavy atom.